The van der Waals surface area contributed by atoms with Gasteiger partial charge in [-0.25, -0.2) is 8.42 Å². The molecule has 7 heteroatoms. The Morgan fingerprint density at radius 2 is 1.88 bits per heavy atom. The molecule has 4 rings (SSSR count). The normalized spacial score (nSPS) is 12.9. The fourth-order valence-electron chi connectivity index (χ4n) is 3.20. The summed E-state index contributed by atoms with van der Waals surface area (Å²) < 4.78 is 33.9. The molecule has 0 bridgehead atoms. The number of methoxy groups -OCH3 is 1. The zero-order chi connectivity index (χ0) is 18.5. The number of nitrogens with one attached hydrogen (secondary N) is 2. The van der Waals surface area contributed by atoms with E-state index in [1.54, 1.807) is 36.4 Å². The Balaban J connectivity index is 1.87. The average Bonchev–Trinajstić information content (AvgIpc) is 2.93. The highest BCUT2D eigenvalue weighted by molar-refractivity contribution is 7.93. The molecular weight excluding hydrogens is 352 g/mol. The number of amides is 1. The highest BCUT2D eigenvalue weighted by Gasteiger charge is 2.26. The van der Waals surface area contributed by atoms with Gasteiger partial charge in [0.2, 0.25) is 0 Å². The van der Waals surface area contributed by atoms with E-state index in [1.807, 2.05) is 13.0 Å². The topological polar surface area (TPSA) is 84.5 Å². The van der Waals surface area contributed by atoms with Gasteiger partial charge in [-0.05, 0) is 42.8 Å². The lowest BCUT2D eigenvalue weighted by Crippen LogP contribution is -2.14. The molecule has 0 saturated heterocycles. The number of benzene rings is 3. The number of aryl methyl sites for hydroxylation is 1. The first-order valence-corrected chi connectivity index (χ1v) is 9.43. The van der Waals surface area contributed by atoms with E-state index in [0.717, 1.165) is 5.56 Å². The molecule has 26 heavy (non-hydrogen) atoms. The summed E-state index contributed by atoms with van der Waals surface area (Å²) in [6.07, 6.45) is 0. The SMILES string of the molecule is COc1ccc(C)cc1NS(=O)(=O)c1ccc2c3c(cccc13)C(=O)N2. The van der Waals surface area contributed by atoms with Gasteiger partial charge in [-0.15, -0.1) is 0 Å². The maximum atomic E-state index is 13.0. The van der Waals surface area contributed by atoms with Crippen molar-refractivity contribution in [2.45, 2.75) is 11.8 Å². The van der Waals surface area contributed by atoms with Crippen molar-refractivity contribution in [3.63, 3.8) is 0 Å². The summed E-state index contributed by atoms with van der Waals surface area (Å²) in [6.45, 7) is 1.87. The van der Waals surface area contributed by atoms with Gasteiger partial charge in [-0.1, -0.05) is 18.2 Å². The van der Waals surface area contributed by atoms with Crippen molar-refractivity contribution in [3.05, 3.63) is 59.7 Å². The van der Waals surface area contributed by atoms with Crippen LogP contribution in [0.4, 0.5) is 11.4 Å². The summed E-state index contributed by atoms with van der Waals surface area (Å²) in [5.74, 6) is 0.204. The van der Waals surface area contributed by atoms with Gasteiger partial charge in [0.25, 0.3) is 15.9 Å². The number of hydrogen-bond acceptors (Lipinski definition) is 4. The predicted molar refractivity (Wildman–Crippen MR) is 100 cm³/mol. The van der Waals surface area contributed by atoms with Gasteiger partial charge in [0, 0.05) is 22.0 Å². The molecule has 0 spiro atoms. The third kappa shape index (κ3) is 2.48. The van der Waals surface area contributed by atoms with Crippen LogP contribution in [0.1, 0.15) is 15.9 Å². The van der Waals surface area contributed by atoms with E-state index in [2.05, 4.69) is 10.0 Å². The lowest BCUT2D eigenvalue weighted by atomic mass is 10.1. The molecule has 1 aliphatic heterocycles. The second-order valence-electron chi connectivity index (χ2n) is 6.10. The predicted octanol–water partition coefficient (Wildman–Crippen LogP) is 3.52. The fourth-order valence-corrected chi connectivity index (χ4v) is 4.46. The molecule has 1 heterocycles. The molecule has 0 aromatic heterocycles. The number of hydrogen-bond donors (Lipinski definition) is 2. The van der Waals surface area contributed by atoms with Crippen LogP contribution >= 0.6 is 0 Å². The molecule has 132 valence electrons. The molecular formula is C19H16N2O4S. The van der Waals surface area contributed by atoms with Crippen LogP contribution in [0, 0.1) is 6.92 Å². The average molecular weight is 368 g/mol. The third-order valence-corrected chi connectivity index (χ3v) is 5.81. The van der Waals surface area contributed by atoms with Crippen molar-refractivity contribution in [2.24, 2.45) is 0 Å². The summed E-state index contributed by atoms with van der Waals surface area (Å²) in [7, 11) is -2.40. The van der Waals surface area contributed by atoms with Crippen molar-refractivity contribution in [1.29, 1.82) is 0 Å². The van der Waals surface area contributed by atoms with Crippen LogP contribution in [0.25, 0.3) is 10.8 Å². The van der Waals surface area contributed by atoms with E-state index >= 15 is 0 Å². The van der Waals surface area contributed by atoms with Gasteiger partial charge in [0.05, 0.1) is 17.7 Å². The highest BCUT2D eigenvalue weighted by atomic mass is 32.2. The van der Waals surface area contributed by atoms with E-state index < -0.39 is 10.0 Å². The summed E-state index contributed by atoms with van der Waals surface area (Å²) in [5, 5.41) is 3.87. The second kappa shape index (κ2) is 5.74. The Morgan fingerprint density at radius 1 is 1.08 bits per heavy atom. The number of anilines is 2. The summed E-state index contributed by atoms with van der Waals surface area (Å²) >= 11 is 0. The Labute approximate surface area is 150 Å². The molecule has 0 unspecified atom stereocenters. The molecule has 0 aliphatic carbocycles. The zero-order valence-electron chi connectivity index (χ0n) is 14.2. The van der Waals surface area contributed by atoms with Crippen molar-refractivity contribution < 1.29 is 17.9 Å². The standard InChI is InChI=1S/C19H16N2O4S/c1-11-6-8-16(25-2)15(10-11)21-26(23,24)17-9-7-14-18-12(17)4-3-5-13(18)19(22)20-14/h3-10,21H,1-2H3,(H,20,22). The Hall–Kier alpha value is -3.06. The van der Waals surface area contributed by atoms with E-state index in [1.165, 1.54) is 13.2 Å². The monoisotopic (exact) mass is 368 g/mol. The first-order valence-electron chi connectivity index (χ1n) is 7.95. The highest BCUT2D eigenvalue weighted by Crippen LogP contribution is 2.37. The molecule has 1 amide bonds. The summed E-state index contributed by atoms with van der Waals surface area (Å²) in [5.41, 5.74) is 2.36. The molecule has 1 aliphatic rings. The van der Waals surface area contributed by atoms with Crippen LogP contribution in [0.5, 0.6) is 5.75 Å². The van der Waals surface area contributed by atoms with Crippen LogP contribution in [0.3, 0.4) is 0 Å². The van der Waals surface area contributed by atoms with E-state index in [9.17, 15) is 13.2 Å². The first-order chi connectivity index (χ1) is 12.4. The largest absolute Gasteiger partial charge is 0.495 e. The number of sulfonamides is 1. The van der Waals surface area contributed by atoms with Gasteiger partial charge in [-0.2, -0.15) is 0 Å². The van der Waals surface area contributed by atoms with Crippen LogP contribution in [0.2, 0.25) is 0 Å². The van der Waals surface area contributed by atoms with Crippen LogP contribution in [-0.4, -0.2) is 21.4 Å². The minimum atomic E-state index is -3.88. The van der Waals surface area contributed by atoms with Crippen LogP contribution in [0.15, 0.2) is 53.4 Å². The van der Waals surface area contributed by atoms with Gasteiger partial charge < -0.3 is 10.1 Å². The van der Waals surface area contributed by atoms with Crippen molar-refractivity contribution in [1.82, 2.24) is 0 Å². The summed E-state index contributed by atoms with van der Waals surface area (Å²) in [4.78, 5) is 12.1. The minimum Gasteiger partial charge on any atom is -0.495 e. The fraction of sp³-hybridized carbons (Fsp3) is 0.105. The quantitative estimate of drug-likeness (QED) is 0.738. The van der Waals surface area contributed by atoms with Gasteiger partial charge in [-0.3, -0.25) is 9.52 Å². The lowest BCUT2D eigenvalue weighted by Gasteiger charge is -2.14. The van der Waals surface area contributed by atoms with Gasteiger partial charge in [0.1, 0.15) is 5.75 Å². The molecule has 6 nitrogen and oxygen atoms in total. The number of carbonyl (C=O) groups excluding carboxylic acids is 1. The van der Waals surface area contributed by atoms with E-state index in [4.69, 9.17) is 4.74 Å². The number of rotatable bonds is 4. The van der Waals surface area contributed by atoms with E-state index in [0.29, 0.717) is 33.5 Å². The van der Waals surface area contributed by atoms with Gasteiger partial charge in [0.15, 0.2) is 0 Å². The van der Waals surface area contributed by atoms with Crippen molar-refractivity contribution in [3.8, 4) is 5.75 Å². The van der Waals surface area contributed by atoms with Crippen LogP contribution in [-0.2, 0) is 10.0 Å². The van der Waals surface area contributed by atoms with Crippen molar-refractivity contribution >= 4 is 38.1 Å². The maximum Gasteiger partial charge on any atom is 0.262 e. The molecule has 0 radical (unpaired) electrons. The maximum absolute atomic E-state index is 13.0. The molecule has 3 aromatic carbocycles. The van der Waals surface area contributed by atoms with Crippen LogP contribution < -0.4 is 14.8 Å². The molecule has 0 fully saturated rings. The molecule has 0 atom stereocenters. The molecule has 0 saturated carbocycles. The Morgan fingerprint density at radius 3 is 2.65 bits per heavy atom. The lowest BCUT2D eigenvalue weighted by molar-refractivity contribution is 0.103. The smallest absolute Gasteiger partial charge is 0.262 e. The first kappa shape index (κ1) is 16.4. The van der Waals surface area contributed by atoms with E-state index in [-0.39, 0.29) is 10.8 Å². The van der Waals surface area contributed by atoms with Crippen molar-refractivity contribution in [2.75, 3.05) is 17.1 Å². The minimum absolute atomic E-state index is 0.109. The zero-order valence-corrected chi connectivity index (χ0v) is 15.0. The van der Waals surface area contributed by atoms with Gasteiger partial charge >= 0.3 is 0 Å². The molecule has 3 aromatic rings. The second-order valence-corrected chi connectivity index (χ2v) is 7.75. The third-order valence-electron chi connectivity index (χ3n) is 4.38. The Kier molecular flexibility index (Phi) is 3.62. The Bertz CT molecular complexity index is 1170. The number of ether oxygens (including phenoxy) is 1. The molecule has 2 N–H and O–H groups in total. The number of carbonyl (C=O) groups is 1. The summed E-state index contributed by atoms with van der Waals surface area (Å²) in [6, 6.07) is 13.4.